The molecule has 0 aromatic carbocycles. The summed E-state index contributed by atoms with van der Waals surface area (Å²) in [7, 11) is 0. The van der Waals surface area contributed by atoms with Gasteiger partial charge in [-0.15, -0.1) is 5.10 Å². The molecule has 2 N–H and O–H groups in total. The van der Waals surface area contributed by atoms with Crippen molar-refractivity contribution in [1.29, 1.82) is 0 Å². The van der Waals surface area contributed by atoms with Crippen LogP contribution in [0.25, 0.3) is 0 Å². The first-order valence-electron chi connectivity index (χ1n) is 4.99. The molecule has 0 aliphatic heterocycles. The van der Waals surface area contributed by atoms with E-state index in [9.17, 15) is 9.90 Å². The van der Waals surface area contributed by atoms with Crippen LogP contribution in [0, 0.1) is 0 Å². The predicted molar refractivity (Wildman–Crippen MR) is 55.0 cm³/mol. The number of nitrogens with zero attached hydrogens (tertiary/aromatic N) is 4. The minimum atomic E-state index is -0.985. The van der Waals surface area contributed by atoms with E-state index in [-0.39, 0.29) is 17.9 Å². The maximum absolute atomic E-state index is 10.5. The Morgan fingerprint density at radius 2 is 2.38 bits per heavy atom. The molecule has 2 rings (SSSR count). The van der Waals surface area contributed by atoms with E-state index in [2.05, 4.69) is 15.5 Å². The highest BCUT2D eigenvalue weighted by Gasteiger charge is 2.28. The Morgan fingerprint density at radius 3 is 3.00 bits per heavy atom. The lowest BCUT2D eigenvalue weighted by molar-refractivity contribution is -0.138. The molecule has 2 unspecified atom stereocenters. The highest BCUT2D eigenvalue weighted by molar-refractivity contribution is 7.99. The smallest absolute Gasteiger partial charge is 0.325 e. The summed E-state index contributed by atoms with van der Waals surface area (Å²) in [4.78, 5) is 10.5. The molecule has 2 atom stereocenters. The summed E-state index contributed by atoms with van der Waals surface area (Å²) in [5.41, 5.74) is 0. The Morgan fingerprint density at radius 1 is 1.56 bits per heavy atom. The lowest BCUT2D eigenvalue weighted by atomic mass is 10.3. The molecule has 0 amide bonds. The number of aliphatic hydroxyl groups excluding tert-OH is 1. The van der Waals surface area contributed by atoms with E-state index in [4.69, 9.17) is 5.11 Å². The van der Waals surface area contributed by atoms with Gasteiger partial charge in [0.2, 0.25) is 5.16 Å². The molecule has 8 heteroatoms. The standard InChI is InChI=1S/C8H12N4O3S/c13-5-2-1-3-6(5)16-8-9-10-11-12(8)4-7(14)15/h5-6,13H,1-4H2,(H,14,15). The Kier molecular flexibility index (Phi) is 3.39. The van der Waals surface area contributed by atoms with Gasteiger partial charge >= 0.3 is 5.97 Å². The Hall–Kier alpha value is -1.15. The minimum Gasteiger partial charge on any atom is -0.480 e. The van der Waals surface area contributed by atoms with E-state index in [1.807, 2.05) is 0 Å². The highest BCUT2D eigenvalue weighted by Crippen LogP contribution is 2.33. The molecule has 1 aromatic rings. The molecular formula is C8H12N4O3S. The van der Waals surface area contributed by atoms with Crippen molar-refractivity contribution < 1.29 is 15.0 Å². The first-order valence-corrected chi connectivity index (χ1v) is 5.87. The fraction of sp³-hybridized carbons (Fsp3) is 0.750. The maximum atomic E-state index is 10.5. The summed E-state index contributed by atoms with van der Waals surface area (Å²) in [5, 5.41) is 29.6. The second kappa shape index (κ2) is 4.79. The van der Waals surface area contributed by atoms with Crippen molar-refractivity contribution in [2.24, 2.45) is 0 Å². The van der Waals surface area contributed by atoms with Crippen molar-refractivity contribution in [3.05, 3.63) is 0 Å². The normalized spacial score (nSPS) is 24.8. The summed E-state index contributed by atoms with van der Waals surface area (Å²) < 4.78 is 1.23. The number of tetrazole rings is 1. The number of aliphatic hydroxyl groups is 1. The van der Waals surface area contributed by atoms with E-state index in [1.54, 1.807) is 0 Å². The minimum absolute atomic E-state index is 0.0681. The van der Waals surface area contributed by atoms with Gasteiger partial charge in [0.15, 0.2) is 0 Å². The molecule has 1 saturated carbocycles. The highest BCUT2D eigenvalue weighted by atomic mass is 32.2. The molecule has 1 heterocycles. The lowest BCUT2D eigenvalue weighted by Gasteiger charge is -2.12. The number of carbonyl (C=O) groups is 1. The number of aliphatic carboxylic acids is 1. The van der Waals surface area contributed by atoms with Crippen molar-refractivity contribution >= 4 is 17.7 Å². The third-order valence-electron chi connectivity index (χ3n) is 2.46. The zero-order chi connectivity index (χ0) is 11.5. The van der Waals surface area contributed by atoms with Gasteiger partial charge < -0.3 is 10.2 Å². The molecule has 1 fully saturated rings. The van der Waals surface area contributed by atoms with Crippen LogP contribution in [0.3, 0.4) is 0 Å². The zero-order valence-corrected chi connectivity index (χ0v) is 9.30. The monoisotopic (exact) mass is 244 g/mol. The largest absolute Gasteiger partial charge is 0.480 e. The van der Waals surface area contributed by atoms with Gasteiger partial charge in [-0.1, -0.05) is 11.8 Å². The number of carboxylic acid groups (broad SMARTS) is 1. The van der Waals surface area contributed by atoms with Crippen LogP contribution in [0.1, 0.15) is 19.3 Å². The van der Waals surface area contributed by atoms with Crippen LogP contribution >= 0.6 is 11.8 Å². The van der Waals surface area contributed by atoms with Gasteiger partial charge in [0.1, 0.15) is 6.54 Å². The predicted octanol–water partition coefficient (Wildman–Crippen LogP) is -0.237. The van der Waals surface area contributed by atoms with Crippen molar-refractivity contribution in [1.82, 2.24) is 20.2 Å². The number of rotatable bonds is 4. The van der Waals surface area contributed by atoms with Crippen LogP contribution in [0.2, 0.25) is 0 Å². The Balaban J connectivity index is 2.03. The van der Waals surface area contributed by atoms with E-state index in [0.717, 1.165) is 19.3 Å². The molecule has 0 radical (unpaired) electrons. The third-order valence-corrected chi connectivity index (χ3v) is 3.81. The van der Waals surface area contributed by atoms with Crippen LogP contribution in [0.4, 0.5) is 0 Å². The molecule has 1 aliphatic carbocycles. The van der Waals surface area contributed by atoms with Gasteiger partial charge in [-0.25, -0.2) is 4.68 Å². The fourth-order valence-electron chi connectivity index (χ4n) is 1.69. The number of hydrogen-bond donors (Lipinski definition) is 2. The molecule has 7 nitrogen and oxygen atoms in total. The average Bonchev–Trinajstić information content (AvgIpc) is 2.78. The second-order valence-corrected chi connectivity index (χ2v) is 4.87. The van der Waals surface area contributed by atoms with Crippen LogP contribution in [0.5, 0.6) is 0 Å². The van der Waals surface area contributed by atoms with Crippen LogP contribution in [-0.4, -0.2) is 47.7 Å². The third kappa shape index (κ3) is 2.50. The van der Waals surface area contributed by atoms with Gasteiger partial charge in [-0.2, -0.15) is 0 Å². The molecule has 88 valence electrons. The first-order chi connectivity index (χ1) is 7.66. The van der Waals surface area contributed by atoms with E-state index < -0.39 is 5.97 Å². The zero-order valence-electron chi connectivity index (χ0n) is 8.48. The molecule has 0 spiro atoms. The summed E-state index contributed by atoms with van der Waals surface area (Å²) in [6, 6.07) is 0. The van der Waals surface area contributed by atoms with E-state index in [0.29, 0.717) is 5.16 Å². The SMILES string of the molecule is O=C(O)Cn1nnnc1SC1CCCC1O. The van der Waals surface area contributed by atoms with Crippen LogP contribution < -0.4 is 0 Å². The topological polar surface area (TPSA) is 101 Å². The fourth-order valence-corrected chi connectivity index (χ4v) is 2.84. The van der Waals surface area contributed by atoms with Crippen LogP contribution in [-0.2, 0) is 11.3 Å². The quantitative estimate of drug-likeness (QED) is 0.753. The van der Waals surface area contributed by atoms with Gasteiger partial charge in [-0.3, -0.25) is 4.79 Å². The van der Waals surface area contributed by atoms with E-state index >= 15 is 0 Å². The Bertz CT molecular complexity index is 383. The van der Waals surface area contributed by atoms with Crippen molar-refractivity contribution in [2.75, 3.05) is 0 Å². The number of aromatic nitrogens is 4. The van der Waals surface area contributed by atoms with Crippen LogP contribution in [0.15, 0.2) is 5.16 Å². The number of hydrogen-bond acceptors (Lipinski definition) is 6. The van der Waals surface area contributed by atoms with E-state index in [1.165, 1.54) is 16.4 Å². The average molecular weight is 244 g/mol. The molecule has 1 aromatic heterocycles. The van der Waals surface area contributed by atoms with Crippen molar-refractivity contribution in [3.8, 4) is 0 Å². The van der Waals surface area contributed by atoms with Crippen molar-refractivity contribution in [2.45, 2.75) is 42.3 Å². The molecule has 0 saturated heterocycles. The van der Waals surface area contributed by atoms with Gasteiger partial charge in [-0.05, 0) is 29.7 Å². The summed E-state index contributed by atoms with van der Waals surface area (Å²) in [6.45, 7) is -0.252. The number of thioether (sulfide) groups is 1. The number of carboxylic acids is 1. The molecule has 1 aliphatic rings. The summed E-state index contributed by atoms with van der Waals surface area (Å²) in [6.07, 6.45) is 2.34. The Labute approximate surface area is 95.8 Å². The van der Waals surface area contributed by atoms with Gasteiger partial charge in [0.05, 0.1) is 6.10 Å². The lowest BCUT2D eigenvalue weighted by Crippen LogP contribution is -2.17. The summed E-state index contributed by atoms with van der Waals surface area (Å²) >= 11 is 1.35. The second-order valence-electron chi connectivity index (χ2n) is 3.67. The first kappa shape index (κ1) is 11.3. The van der Waals surface area contributed by atoms with Crippen molar-refractivity contribution in [3.63, 3.8) is 0 Å². The maximum Gasteiger partial charge on any atom is 0.325 e. The summed E-state index contributed by atoms with van der Waals surface area (Å²) in [5.74, 6) is -0.985. The van der Waals surface area contributed by atoms with Gasteiger partial charge in [0.25, 0.3) is 0 Å². The molecule has 16 heavy (non-hydrogen) atoms. The molecule has 0 bridgehead atoms. The van der Waals surface area contributed by atoms with Gasteiger partial charge in [0, 0.05) is 5.25 Å². The molecular weight excluding hydrogens is 232 g/mol.